The summed E-state index contributed by atoms with van der Waals surface area (Å²) in [4.78, 5) is 24.2. The molecule has 5 heteroatoms. The van der Waals surface area contributed by atoms with Crippen LogP contribution in [-0.2, 0) is 15.7 Å². The van der Waals surface area contributed by atoms with Crippen molar-refractivity contribution < 1.29 is 15.7 Å². The molecular weight excluding hydrogens is 351 g/mol. The van der Waals surface area contributed by atoms with Gasteiger partial charge in [0, 0.05) is 0 Å². The van der Waals surface area contributed by atoms with Gasteiger partial charge in [0.1, 0.15) is 0 Å². The molecule has 0 aliphatic carbocycles. The van der Waals surface area contributed by atoms with Crippen LogP contribution in [0.25, 0.3) is 0 Å². The molecule has 0 aromatic rings. The predicted octanol–water partition coefficient (Wildman–Crippen LogP) is 3.40. The van der Waals surface area contributed by atoms with Gasteiger partial charge in [0.05, 0.1) is 0 Å². The van der Waals surface area contributed by atoms with Gasteiger partial charge in [-0.25, -0.2) is 0 Å². The first-order valence-electron chi connectivity index (χ1n) is 7.41. The first-order chi connectivity index (χ1) is 8.95. The van der Waals surface area contributed by atoms with Crippen molar-refractivity contribution in [3.05, 3.63) is 0 Å². The Balaban J connectivity index is 2.93. The van der Waals surface area contributed by atoms with Crippen LogP contribution in [-0.4, -0.2) is 31.1 Å². The van der Waals surface area contributed by atoms with Crippen molar-refractivity contribution in [2.75, 3.05) is 0 Å². The number of hydrogen-bond donors (Lipinski definition) is 0. The van der Waals surface area contributed by atoms with Crippen molar-refractivity contribution in [1.29, 1.82) is 0 Å². The van der Waals surface area contributed by atoms with Crippen molar-refractivity contribution in [1.82, 2.24) is 0 Å². The van der Waals surface area contributed by atoms with Crippen LogP contribution >= 0.6 is 0 Å². The van der Waals surface area contributed by atoms with Crippen molar-refractivity contribution in [2.24, 2.45) is 11.8 Å². The van der Waals surface area contributed by atoms with E-state index in [1.54, 1.807) is 13.8 Å². The zero-order valence-electron chi connectivity index (χ0n) is 12.5. The van der Waals surface area contributed by atoms with Crippen molar-refractivity contribution >= 4 is 31.1 Å². The van der Waals surface area contributed by atoms with E-state index in [0.29, 0.717) is 0 Å². The SMILES string of the molecule is CCC[CH2][Sn]1([CH2]CCC)[O]C(=O)C(C)C(C)C(=O)[O]1. The standard InChI is InChI=1S/C6H10O4.2C4H9.Sn/c1-3(5(7)8)4(2)6(9)10;2*1-3-4-2;/h3-4H,1-2H3,(H,7,8)(H,9,10);2*1,3-4H2,2H3;/q;;;+2/p-2. The number of carbonyl (C=O) groups excluding carboxylic acids is 2. The Labute approximate surface area is 121 Å². The fraction of sp³-hybridized carbons (Fsp3) is 0.857. The number of rotatable bonds is 6. The molecule has 0 N–H and O–H groups in total. The van der Waals surface area contributed by atoms with Gasteiger partial charge in [0.2, 0.25) is 0 Å². The quantitative estimate of drug-likeness (QED) is 0.666. The summed E-state index contributed by atoms with van der Waals surface area (Å²) in [6, 6.07) is 0. The molecule has 0 bridgehead atoms. The first-order valence-corrected chi connectivity index (χ1v) is 13.8. The van der Waals surface area contributed by atoms with E-state index in [2.05, 4.69) is 13.8 Å². The van der Waals surface area contributed by atoms with Crippen LogP contribution in [0.4, 0.5) is 0 Å². The average Bonchev–Trinajstić information content (AvgIpc) is 2.47. The average molecular weight is 377 g/mol. The van der Waals surface area contributed by atoms with Crippen LogP contribution < -0.4 is 0 Å². The maximum atomic E-state index is 12.1. The molecule has 1 saturated heterocycles. The summed E-state index contributed by atoms with van der Waals surface area (Å²) in [6.45, 7) is 7.72. The van der Waals surface area contributed by atoms with Crippen molar-refractivity contribution in [3.8, 4) is 0 Å². The molecule has 0 aromatic heterocycles. The fourth-order valence-corrected chi connectivity index (χ4v) is 12.4. The fourth-order valence-electron chi connectivity index (χ4n) is 2.20. The Kier molecular flexibility index (Phi) is 6.63. The van der Waals surface area contributed by atoms with E-state index in [9.17, 15) is 9.59 Å². The molecule has 1 fully saturated rings. The molecule has 1 aliphatic rings. The van der Waals surface area contributed by atoms with Gasteiger partial charge < -0.3 is 0 Å². The minimum atomic E-state index is -3.53. The Bertz CT molecular complexity index is 297. The molecule has 0 aromatic carbocycles. The van der Waals surface area contributed by atoms with Gasteiger partial charge in [-0.05, 0) is 0 Å². The molecule has 110 valence electrons. The van der Waals surface area contributed by atoms with E-state index in [-0.39, 0.29) is 23.8 Å². The molecule has 0 amide bonds. The molecule has 19 heavy (non-hydrogen) atoms. The molecular formula is C14H26O4Sn. The van der Waals surface area contributed by atoms with E-state index < -0.39 is 19.2 Å². The Hall–Kier alpha value is -0.261. The third-order valence-electron chi connectivity index (χ3n) is 3.89. The molecule has 1 aliphatic heterocycles. The van der Waals surface area contributed by atoms with Gasteiger partial charge >= 0.3 is 121 Å². The van der Waals surface area contributed by atoms with E-state index >= 15 is 0 Å². The summed E-state index contributed by atoms with van der Waals surface area (Å²) in [5.74, 6) is -1.20. The monoisotopic (exact) mass is 378 g/mol. The van der Waals surface area contributed by atoms with Crippen LogP contribution in [0.1, 0.15) is 53.4 Å². The minimum absolute atomic E-state index is 0.221. The van der Waals surface area contributed by atoms with Crippen LogP contribution in [0.2, 0.25) is 8.87 Å². The second-order valence-electron chi connectivity index (χ2n) is 5.54. The van der Waals surface area contributed by atoms with Crippen molar-refractivity contribution in [2.45, 2.75) is 62.3 Å². The summed E-state index contributed by atoms with van der Waals surface area (Å²) >= 11 is -3.53. The van der Waals surface area contributed by atoms with Crippen LogP contribution in [0, 0.1) is 11.8 Å². The summed E-state index contributed by atoms with van der Waals surface area (Å²) in [5, 5.41) is 0. The molecule has 4 nitrogen and oxygen atoms in total. The number of carbonyl (C=O) groups is 2. The van der Waals surface area contributed by atoms with Gasteiger partial charge in [-0.1, -0.05) is 0 Å². The zero-order chi connectivity index (χ0) is 14.5. The first kappa shape index (κ1) is 16.8. The van der Waals surface area contributed by atoms with Gasteiger partial charge in [-0.2, -0.15) is 0 Å². The molecule has 0 saturated carbocycles. The van der Waals surface area contributed by atoms with Gasteiger partial charge in [0.25, 0.3) is 0 Å². The van der Waals surface area contributed by atoms with E-state index in [0.717, 1.165) is 34.6 Å². The number of hydrogen-bond acceptors (Lipinski definition) is 4. The summed E-state index contributed by atoms with van der Waals surface area (Å²) in [6.07, 6.45) is 4.02. The second kappa shape index (κ2) is 7.50. The topological polar surface area (TPSA) is 52.6 Å². The second-order valence-corrected chi connectivity index (χ2v) is 14.8. The molecule has 2 atom stereocenters. The van der Waals surface area contributed by atoms with E-state index in [1.807, 2.05) is 0 Å². The molecule has 0 radical (unpaired) electrons. The maximum absolute atomic E-state index is 12.1. The zero-order valence-corrected chi connectivity index (χ0v) is 15.4. The molecule has 2 unspecified atom stereocenters. The van der Waals surface area contributed by atoms with Gasteiger partial charge in [-0.15, -0.1) is 0 Å². The van der Waals surface area contributed by atoms with Gasteiger partial charge in [-0.3, -0.25) is 0 Å². The van der Waals surface area contributed by atoms with Crippen LogP contribution in [0.5, 0.6) is 0 Å². The van der Waals surface area contributed by atoms with Crippen molar-refractivity contribution in [3.63, 3.8) is 0 Å². The summed E-state index contributed by atoms with van der Waals surface area (Å²) in [5.41, 5.74) is 0. The normalized spacial score (nSPS) is 26.5. The van der Waals surface area contributed by atoms with E-state index in [4.69, 9.17) is 6.15 Å². The molecule has 1 rings (SSSR count). The third-order valence-corrected chi connectivity index (χ3v) is 13.5. The predicted molar refractivity (Wildman–Crippen MR) is 75.7 cm³/mol. The Morgan fingerprint density at radius 1 is 0.895 bits per heavy atom. The number of unbranched alkanes of at least 4 members (excludes halogenated alkanes) is 2. The Morgan fingerprint density at radius 3 is 1.58 bits per heavy atom. The summed E-state index contributed by atoms with van der Waals surface area (Å²) < 4.78 is 13.2. The molecule has 0 spiro atoms. The van der Waals surface area contributed by atoms with E-state index in [1.165, 1.54) is 0 Å². The molecule has 1 heterocycles. The van der Waals surface area contributed by atoms with Crippen LogP contribution in [0.15, 0.2) is 0 Å². The third kappa shape index (κ3) is 4.36. The Morgan fingerprint density at radius 2 is 1.26 bits per heavy atom. The van der Waals surface area contributed by atoms with Gasteiger partial charge in [0.15, 0.2) is 0 Å². The summed E-state index contributed by atoms with van der Waals surface area (Å²) in [7, 11) is 0. The van der Waals surface area contributed by atoms with Crippen LogP contribution in [0.3, 0.4) is 0 Å².